The summed E-state index contributed by atoms with van der Waals surface area (Å²) in [5.41, 5.74) is 1.02. The summed E-state index contributed by atoms with van der Waals surface area (Å²) in [4.78, 5) is 19.7. The van der Waals surface area contributed by atoms with E-state index in [2.05, 4.69) is 9.98 Å². The minimum Gasteiger partial charge on any atom is -0.359 e. The Labute approximate surface area is 93.6 Å². The maximum Gasteiger partial charge on any atom is 0.234 e. The Balaban J connectivity index is 2.66. The molecule has 0 aromatic carbocycles. The number of aromatic nitrogens is 1. The van der Waals surface area contributed by atoms with Crippen LogP contribution in [0.2, 0.25) is 5.15 Å². The number of aliphatic imine (C=N–C) groups is 1. The lowest BCUT2D eigenvalue weighted by Gasteiger charge is -2.17. The quantitative estimate of drug-likeness (QED) is 0.341. The third-order valence-corrected chi connectivity index (χ3v) is 2.22. The van der Waals surface area contributed by atoms with E-state index in [1.165, 1.54) is 0 Å². The number of hydrogen-bond donors (Lipinski definition) is 0. The van der Waals surface area contributed by atoms with Crippen LogP contribution in [0.4, 0.5) is 0 Å². The van der Waals surface area contributed by atoms with Gasteiger partial charge in [0.05, 0.1) is 0 Å². The van der Waals surface area contributed by atoms with Crippen LogP contribution < -0.4 is 0 Å². The number of amides is 1. The molecule has 0 spiro atoms. The molecule has 80 valence electrons. The average molecular weight is 226 g/mol. The van der Waals surface area contributed by atoms with Crippen LogP contribution in [0.3, 0.4) is 0 Å². The number of carbonyl (C=O) groups excluding carboxylic acids is 1. The Hall–Kier alpha value is -1.42. The molecule has 0 aliphatic heterocycles. The van der Waals surface area contributed by atoms with Gasteiger partial charge in [-0.15, -0.1) is 0 Å². The molecule has 1 rings (SSSR count). The summed E-state index contributed by atoms with van der Waals surface area (Å²) in [6.07, 6.45) is 2.24. The van der Waals surface area contributed by atoms with Gasteiger partial charge in [0.1, 0.15) is 11.0 Å². The van der Waals surface area contributed by atoms with Gasteiger partial charge in [-0.2, -0.15) is 0 Å². The summed E-state index contributed by atoms with van der Waals surface area (Å²) in [5, 5.41) is 0.472. The summed E-state index contributed by atoms with van der Waals surface area (Å²) in [5.74, 6) is 0.667. The molecule has 5 heteroatoms. The molecule has 1 aromatic rings. The minimum absolute atomic E-state index is 0.472. The summed E-state index contributed by atoms with van der Waals surface area (Å²) in [7, 11) is 1.86. The molecule has 0 aliphatic carbocycles. The second-order valence-corrected chi connectivity index (χ2v) is 3.51. The molecule has 0 radical (unpaired) electrons. The molecule has 0 saturated heterocycles. The zero-order valence-electron chi connectivity index (χ0n) is 8.64. The lowest BCUT2D eigenvalue weighted by molar-refractivity contribution is -0.106. The molecule has 0 bridgehead atoms. The van der Waals surface area contributed by atoms with Crippen LogP contribution in [-0.2, 0) is 11.3 Å². The van der Waals surface area contributed by atoms with Crippen molar-refractivity contribution in [1.82, 2.24) is 9.88 Å². The van der Waals surface area contributed by atoms with Crippen molar-refractivity contribution in [2.24, 2.45) is 4.99 Å². The van der Waals surface area contributed by atoms with Gasteiger partial charge in [-0.25, -0.2) is 9.98 Å². The molecule has 0 saturated carbocycles. The number of pyridine rings is 1. The molecule has 0 atom stereocenters. The van der Waals surface area contributed by atoms with Crippen LogP contribution in [0.15, 0.2) is 23.3 Å². The van der Waals surface area contributed by atoms with E-state index < -0.39 is 0 Å². The highest BCUT2D eigenvalue weighted by Crippen LogP contribution is 2.07. The average Bonchev–Trinajstić information content (AvgIpc) is 2.22. The molecule has 0 aliphatic rings. The van der Waals surface area contributed by atoms with E-state index in [0.717, 1.165) is 5.56 Å². The highest BCUT2D eigenvalue weighted by Gasteiger charge is 2.02. The van der Waals surface area contributed by atoms with E-state index >= 15 is 0 Å². The van der Waals surface area contributed by atoms with Gasteiger partial charge in [0.25, 0.3) is 0 Å². The third kappa shape index (κ3) is 3.67. The van der Waals surface area contributed by atoms with Crippen LogP contribution in [-0.4, -0.2) is 29.2 Å². The standard InChI is InChI=1S/C10H12ClN3O/c1-8(13-7-15)14(2)6-9-3-4-10(11)12-5-9/h3-5,7H,6H2,1-2H3. The monoisotopic (exact) mass is 225 g/mol. The zero-order chi connectivity index (χ0) is 11.3. The summed E-state index contributed by atoms with van der Waals surface area (Å²) in [6, 6.07) is 3.62. The topological polar surface area (TPSA) is 45.6 Å². The molecule has 0 N–H and O–H groups in total. The number of amidine groups is 1. The Morgan fingerprint density at radius 1 is 1.67 bits per heavy atom. The van der Waals surface area contributed by atoms with Gasteiger partial charge < -0.3 is 4.90 Å². The molecular weight excluding hydrogens is 214 g/mol. The van der Waals surface area contributed by atoms with Crippen molar-refractivity contribution < 1.29 is 4.79 Å². The molecule has 1 aromatic heterocycles. The van der Waals surface area contributed by atoms with Crippen molar-refractivity contribution in [2.75, 3.05) is 7.05 Å². The predicted octanol–water partition coefficient (Wildman–Crippen LogP) is 1.74. The first-order valence-electron chi connectivity index (χ1n) is 4.43. The number of rotatable bonds is 3. The molecule has 15 heavy (non-hydrogen) atoms. The number of hydrogen-bond acceptors (Lipinski definition) is 2. The Morgan fingerprint density at radius 2 is 2.40 bits per heavy atom. The maximum absolute atomic E-state index is 10.2. The van der Waals surface area contributed by atoms with Crippen molar-refractivity contribution in [2.45, 2.75) is 13.5 Å². The highest BCUT2D eigenvalue weighted by atomic mass is 35.5. The van der Waals surface area contributed by atoms with Crippen molar-refractivity contribution in [3.63, 3.8) is 0 Å². The smallest absolute Gasteiger partial charge is 0.234 e. The van der Waals surface area contributed by atoms with Gasteiger partial charge in [0.2, 0.25) is 6.41 Å². The highest BCUT2D eigenvalue weighted by molar-refractivity contribution is 6.29. The van der Waals surface area contributed by atoms with E-state index in [-0.39, 0.29) is 0 Å². The second kappa shape index (κ2) is 5.46. The van der Waals surface area contributed by atoms with Gasteiger partial charge in [-0.1, -0.05) is 17.7 Å². The largest absolute Gasteiger partial charge is 0.359 e. The minimum atomic E-state index is 0.472. The maximum atomic E-state index is 10.2. The molecular formula is C10H12ClN3O. The fourth-order valence-electron chi connectivity index (χ4n) is 1.06. The van der Waals surface area contributed by atoms with Gasteiger partial charge in [-0.3, -0.25) is 4.79 Å². The van der Waals surface area contributed by atoms with E-state index in [9.17, 15) is 4.79 Å². The van der Waals surface area contributed by atoms with Gasteiger partial charge >= 0.3 is 0 Å². The van der Waals surface area contributed by atoms with Crippen LogP contribution in [0, 0.1) is 0 Å². The van der Waals surface area contributed by atoms with Crippen molar-refractivity contribution in [1.29, 1.82) is 0 Å². The molecule has 0 fully saturated rings. The van der Waals surface area contributed by atoms with Crippen LogP contribution in [0.25, 0.3) is 0 Å². The fourth-order valence-corrected chi connectivity index (χ4v) is 1.17. The first-order valence-corrected chi connectivity index (χ1v) is 4.81. The first-order chi connectivity index (χ1) is 7.13. The van der Waals surface area contributed by atoms with E-state index in [1.54, 1.807) is 19.2 Å². The Kier molecular flexibility index (Phi) is 4.24. The SMILES string of the molecule is CC(=NC=O)N(C)Cc1ccc(Cl)nc1. The molecule has 4 nitrogen and oxygen atoms in total. The van der Waals surface area contributed by atoms with Crippen molar-refractivity contribution in [3.8, 4) is 0 Å². The van der Waals surface area contributed by atoms with Crippen molar-refractivity contribution >= 4 is 23.8 Å². The number of nitrogens with zero attached hydrogens (tertiary/aromatic N) is 3. The zero-order valence-corrected chi connectivity index (χ0v) is 9.40. The third-order valence-electron chi connectivity index (χ3n) is 2.00. The first kappa shape index (κ1) is 11.7. The lowest BCUT2D eigenvalue weighted by atomic mass is 10.3. The van der Waals surface area contributed by atoms with Gasteiger partial charge in [0, 0.05) is 19.8 Å². The van der Waals surface area contributed by atoms with Crippen LogP contribution in [0.5, 0.6) is 0 Å². The summed E-state index contributed by atoms with van der Waals surface area (Å²) >= 11 is 5.67. The number of halogens is 1. The second-order valence-electron chi connectivity index (χ2n) is 3.13. The number of carbonyl (C=O) groups is 1. The fraction of sp³-hybridized carbons (Fsp3) is 0.300. The van der Waals surface area contributed by atoms with Crippen LogP contribution >= 0.6 is 11.6 Å². The normalized spacial score (nSPS) is 11.3. The predicted molar refractivity (Wildman–Crippen MR) is 59.9 cm³/mol. The van der Waals surface area contributed by atoms with E-state index in [0.29, 0.717) is 23.9 Å². The molecule has 1 amide bonds. The molecule has 1 heterocycles. The Bertz CT molecular complexity index is 361. The molecule has 0 unspecified atom stereocenters. The van der Waals surface area contributed by atoms with Gasteiger partial charge in [0.15, 0.2) is 0 Å². The Morgan fingerprint density at radius 3 is 2.93 bits per heavy atom. The van der Waals surface area contributed by atoms with E-state index in [4.69, 9.17) is 11.6 Å². The van der Waals surface area contributed by atoms with Gasteiger partial charge in [-0.05, 0) is 18.6 Å². The van der Waals surface area contributed by atoms with Crippen molar-refractivity contribution in [3.05, 3.63) is 29.0 Å². The van der Waals surface area contributed by atoms with E-state index in [1.807, 2.05) is 18.0 Å². The summed E-state index contributed by atoms with van der Waals surface area (Å²) in [6.45, 7) is 2.42. The lowest BCUT2D eigenvalue weighted by Crippen LogP contribution is -2.23. The summed E-state index contributed by atoms with van der Waals surface area (Å²) < 4.78 is 0. The van der Waals surface area contributed by atoms with Crippen LogP contribution in [0.1, 0.15) is 12.5 Å².